The summed E-state index contributed by atoms with van der Waals surface area (Å²) in [4.78, 5) is 22.5. The van der Waals surface area contributed by atoms with Crippen molar-refractivity contribution < 1.29 is 40.2 Å². The largest absolute Gasteiger partial charge is 0.573 e. The Morgan fingerprint density at radius 3 is 2.50 bits per heavy atom. The van der Waals surface area contributed by atoms with Gasteiger partial charge in [0.1, 0.15) is 35.1 Å². The fraction of sp³-hybridized carbons (Fsp3) is 0.280. The molecule has 4 aromatic rings. The van der Waals surface area contributed by atoms with Gasteiger partial charge < -0.3 is 14.4 Å². The van der Waals surface area contributed by atoms with Crippen molar-refractivity contribution in [2.24, 2.45) is 0 Å². The molecule has 0 saturated carbocycles. The normalized spacial score (nSPS) is 14.9. The number of hydrogen-bond acceptors (Lipinski definition) is 8. The van der Waals surface area contributed by atoms with Crippen LogP contribution in [0, 0.1) is 5.82 Å². The number of rotatable bonds is 6. The molecule has 0 aliphatic carbocycles. The summed E-state index contributed by atoms with van der Waals surface area (Å²) in [6.45, 7) is 0.582. The second-order valence-electron chi connectivity index (χ2n) is 9.04. The summed E-state index contributed by atoms with van der Waals surface area (Å²) in [6, 6.07) is 8.37. The number of carbonyl (C=O) groups excluding carboxylic acids is 1. The van der Waals surface area contributed by atoms with Crippen LogP contribution in [-0.2, 0) is 9.84 Å². The SMILES string of the molecule is CS(=O)(=O)c1ccc(-n2ncc3c(OC4CCN(C(=O)c5cccc(OC(F)(F)F)c5)CC4)ncnc32)c(F)c1. The van der Waals surface area contributed by atoms with Crippen LogP contribution in [0.2, 0.25) is 0 Å². The first-order chi connectivity index (χ1) is 18.9. The van der Waals surface area contributed by atoms with Gasteiger partial charge in [0.15, 0.2) is 15.5 Å². The number of fused-ring (bicyclic) bond motifs is 1. The van der Waals surface area contributed by atoms with Gasteiger partial charge in [0, 0.05) is 37.8 Å². The third-order valence-corrected chi connectivity index (χ3v) is 7.34. The molecule has 40 heavy (non-hydrogen) atoms. The van der Waals surface area contributed by atoms with E-state index in [0.29, 0.717) is 31.3 Å². The van der Waals surface area contributed by atoms with E-state index in [0.717, 1.165) is 24.5 Å². The van der Waals surface area contributed by atoms with Gasteiger partial charge in [-0.1, -0.05) is 6.07 Å². The van der Waals surface area contributed by atoms with Crippen molar-refractivity contribution in [3.05, 3.63) is 66.4 Å². The fourth-order valence-electron chi connectivity index (χ4n) is 4.33. The lowest BCUT2D eigenvalue weighted by atomic mass is 10.1. The molecule has 15 heteroatoms. The van der Waals surface area contributed by atoms with E-state index in [9.17, 15) is 30.8 Å². The number of sulfone groups is 1. The number of aromatic nitrogens is 4. The minimum atomic E-state index is -4.86. The van der Waals surface area contributed by atoms with Gasteiger partial charge in [0.05, 0.1) is 11.1 Å². The molecule has 1 fully saturated rings. The van der Waals surface area contributed by atoms with E-state index >= 15 is 0 Å². The Kier molecular flexibility index (Phi) is 7.08. The van der Waals surface area contributed by atoms with Crippen molar-refractivity contribution in [2.75, 3.05) is 19.3 Å². The quantitative estimate of drug-likeness (QED) is 0.316. The van der Waals surface area contributed by atoms with Crippen LogP contribution in [0.1, 0.15) is 23.2 Å². The topological polar surface area (TPSA) is 117 Å². The van der Waals surface area contributed by atoms with E-state index < -0.39 is 33.7 Å². The van der Waals surface area contributed by atoms with Crippen LogP contribution in [-0.4, -0.2) is 70.8 Å². The molecule has 0 atom stereocenters. The summed E-state index contributed by atoms with van der Waals surface area (Å²) < 4.78 is 87.0. The maximum Gasteiger partial charge on any atom is 0.573 e. The lowest BCUT2D eigenvalue weighted by Crippen LogP contribution is -2.41. The van der Waals surface area contributed by atoms with Crippen molar-refractivity contribution in [1.82, 2.24) is 24.6 Å². The van der Waals surface area contributed by atoms with Crippen molar-refractivity contribution in [3.8, 4) is 17.3 Å². The van der Waals surface area contributed by atoms with Crippen LogP contribution >= 0.6 is 0 Å². The Labute approximate surface area is 225 Å². The summed E-state index contributed by atoms with van der Waals surface area (Å²) >= 11 is 0. The number of nitrogens with zero attached hydrogens (tertiary/aromatic N) is 5. The third kappa shape index (κ3) is 5.83. The monoisotopic (exact) mass is 579 g/mol. The molecule has 3 heterocycles. The van der Waals surface area contributed by atoms with E-state index in [1.807, 2.05) is 0 Å². The number of amides is 1. The van der Waals surface area contributed by atoms with E-state index in [2.05, 4.69) is 19.8 Å². The Bertz CT molecular complexity index is 1680. The van der Waals surface area contributed by atoms with Gasteiger partial charge in [-0.3, -0.25) is 4.79 Å². The number of carbonyl (C=O) groups is 1. The Balaban J connectivity index is 1.27. The highest BCUT2D eigenvalue weighted by Gasteiger charge is 2.32. The first-order valence-electron chi connectivity index (χ1n) is 11.9. The lowest BCUT2D eigenvalue weighted by molar-refractivity contribution is -0.274. The zero-order valence-electron chi connectivity index (χ0n) is 20.8. The van der Waals surface area contributed by atoms with Gasteiger partial charge in [-0.25, -0.2) is 27.5 Å². The summed E-state index contributed by atoms with van der Waals surface area (Å²) in [6.07, 6.45) is -0.741. The summed E-state index contributed by atoms with van der Waals surface area (Å²) in [5.74, 6) is -1.51. The zero-order chi connectivity index (χ0) is 28.7. The average Bonchev–Trinajstić information content (AvgIpc) is 3.32. The molecule has 0 radical (unpaired) electrons. The van der Waals surface area contributed by atoms with Crippen LogP contribution in [0.15, 0.2) is 59.9 Å². The van der Waals surface area contributed by atoms with Gasteiger partial charge in [0.25, 0.3) is 5.91 Å². The van der Waals surface area contributed by atoms with Gasteiger partial charge in [0.2, 0.25) is 5.88 Å². The molecule has 0 unspecified atom stereocenters. The fourth-order valence-corrected chi connectivity index (χ4v) is 4.96. The molecule has 0 bridgehead atoms. The second kappa shape index (κ2) is 10.4. The predicted octanol–water partition coefficient (Wildman–Crippen LogP) is 3.94. The minimum Gasteiger partial charge on any atom is -0.474 e. The Morgan fingerprint density at radius 2 is 1.82 bits per heavy atom. The molecule has 0 spiro atoms. The van der Waals surface area contributed by atoms with E-state index in [1.165, 1.54) is 46.4 Å². The maximum atomic E-state index is 14.8. The Hall–Kier alpha value is -4.27. The number of halogens is 4. The number of benzene rings is 2. The Morgan fingerprint density at radius 1 is 1.07 bits per heavy atom. The molecule has 1 amide bonds. The molecule has 1 saturated heterocycles. The third-order valence-electron chi connectivity index (χ3n) is 6.23. The van der Waals surface area contributed by atoms with Gasteiger partial charge in [-0.2, -0.15) is 5.10 Å². The van der Waals surface area contributed by atoms with Crippen LogP contribution in [0.25, 0.3) is 16.7 Å². The zero-order valence-corrected chi connectivity index (χ0v) is 21.6. The smallest absolute Gasteiger partial charge is 0.474 e. The van der Waals surface area contributed by atoms with Gasteiger partial charge in [-0.15, -0.1) is 13.2 Å². The van der Waals surface area contributed by atoms with E-state index in [-0.39, 0.29) is 33.8 Å². The molecule has 2 aromatic heterocycles. The van der Waals surface area contributed by atoms with Crippen LogP contribution in [0.4, 0.5) is 17.6 Å². The molecule has 2 aromatic carbocycles. The molecule has 10 nitrogen and oxygen atoms in total. The van der Waals surface area contributed by atoms with Crippen LogP contribution in [0.3, 0.4) is 0 Å². The van der Waals surface area contributed by atoms with E-state index in [4.69, 9.17) is 4.74 Å². The summed E-state index contributed by atoms with van der Waals surface area (Å²) in [7, 11) is -3.60. The number of alkyl halides is 3. The van der Waals surface area contributed by atoms with Crippen molar-refractivity contribution in [3.63, 3.8) is 0 Å². The highest BCUT2D eigenvalue weighted by atomic mass is 32.2. The molecule has 210 valence electrons. The first-order valence-corrected chi connectivity index (χ1v) is 13.8. The van der Waals surface area contributed by atoms with Crippen LogP contribution in [0.5, 0.6) is 11.6 Å². The second-order valence-corrected chi connectivity index (χ2v) is 11.1. The number of piperidine rings is 1. The molecular weight excluding hydrogens is 558 g/mol. The highest BCUT2D eigenvalue weighted by Crippen LogP contribution is 2.29. The summed E-state index contributed by atoms with van der Waals surface area (Å²) in [5.41, 5.74) is 0.302. The van der Waals surface area contributed by atoms with Gasteiger partial charge in [-0.05, 0) is 36.4 Å². The predicted molar refractivity (Wildman–Crippen MR) is 132 cm³/mol. The van der Waals surface area contributed by atoms with Crippen molar-refractivity contribution in [2.45, 2.75) is 30.2 Å². The highest BCUT2D eigenvalue weighted by molar-refractivity contribution is 7.90. The molecule has 1 aliphatic heterocycles. The van der Waals surface area contributed by atoms with Crippen molar-refractivity contribution >= 4 is 26.8 Å². The van der Waals surface area contributed by atoms with Gasteiger partial charge >= 0.3 is 6.36 Å². The molecule has 0 N–H and O–H groups in total. The number of ether oxygens (including phenoxy) is 2. The molecule has 1 aliphatic rings. The van der Waals surface area contributed by atoms with Crippen LogP contribution < -0.4 is 9.47 Å². The minimum absolute atomic E-state index is 0.0106. The molecular formula is C25H21F4N5O5S. The first kappa shape index (κ1) is 27.3. The number of likely N-dealkylation sites (tertiary alicyclic amines) is 1. The van der Waals surface area contributed by atoms with Crippen molar-refractivity contribution in [1.29, 1.82) is 0 Å². The molecule has 5 rings (SSSR count). The summed E-state index contributed by atoms with van der Waals surface area (Å²) in [5, 5.41) is 4.58. The van der Waals surface area contributed by atoms with E-state index in [1.54, 1.807) is 0 Å². The number of hydrogen-bond donors (Lipinski definition) is 0. The standard InChI is InChI=1S/C25H21F4N5O5S/c1-40(36,37)18-5-6-21(20(26)12-18)34-22-19(13-32-34)23(31-14-30-22)38-16-7-9-33(10-8-16)24(35)15-3-2-4-17(11-15)39-25(27,28)29/h2-6,11-14,16H,7-10H2,1H3. The average molecular weight is 580 g/mol. The maximum absolute atomic E-state index is 14.8. The lowest BCUT2D eigenvalue weighted by Gasteiger charge is -2.32.